The van der Waals surface area contributed by atoms with Crippen molar-refractivity contribution in [3.05, 3.63) is 55.0 Å². The SMILES string of the molecule is Nc1onc(-c2cc(Br)ccc2I)c1-c1cccc(Br)c1. The standard InChI is InChI=1S/C15H9Br2IN2O/c16-9-3-1-2-8(6-9)13-14(20-21-15(13)19)11-7-10(17)4-5-12(11)18/h1-7H,19H2. The number of nitrogens with zero attached hydrogens (tertiary/aromatic N) is 1. The minimum Gasteiger partial charge on any atom is -0.367 e. The smallest absolute Gasteiger partial charge is 0.230 e. The summed E-state index contributed by atoms with van der Waals surface area (Å²) in [4.78, 5) is 0. The molecule has 0 aliphatic carbocycles. The van der Waals surface area contributed by atoms with E-state index < -0.39 is 0 Å². The Morgan fingerprint density at radius 2 is 1.81 bits per heavy atom. The Balaban J connectivity index is 2.24. The number of rotatable bonds is 2. The summed E-state index contributed by atoms with van der Waals surface area (Å²) >= 11 is 9.25. The van der Waals surface area contributed by atoms with E-state index in [0.717, 1.165) is 34.9 Å². The van der Waals surface area contributed by atoms with E-state index in [9.17, 15) is 0 Å². The van der Waals surface area contributed by atoms with Gasteiger partial charge in [-0.1, -0.05) is 49.1 Å². The lowest BCUT2D eigenvalue weighted by Crippen LogP contribution is -1.89. The minimum absolute atomic E-state index is 0.318. The number of nitrogens with two attached hydrogens (primary N) is 1. The van der Waals surface area contributed by atoms with Crippen LogP contribution in [0.1, 0.15) is 0 Å². The zero-order chi connectivity index (χ0) is 15.0. The molecule has 2 aromatic carbocycles. The number of nitrogen functional groups attached to an aromatic ring is 1. The van der Waals surface area contributed by atoms with Gasteiger partial charge >= 0.3 is 0 Å². The van der Waals surface area contributed by atoms with Crippen LogP contribution in [0, 0.1) is 3.57 Å². The number of hydrogen-bond acceptors (Lipinski definition) is 3. The van der Waals surface area contributed by atoms with Gasteiger partial charge in [0.2, 0.25) is 5.88 Å². The Hall–Kier alpha value is -0.860. The zero-order valence-electron chi connectivity index (χ0n) is 10.6. The van der Waals surface area contributed by atoms with Gasteiger partial charge in [-0.05, 0) is 58.5 Å². The topological polar surface area (TPSA) is 52.0 Å². The lowest BCUT2D eigenvalue weighted by Gasteiger charge is -2.06. The van der Waals surface area contributed by atoms with E-state index in [0.29, 0.717) is 5.88 Å². The molecule has 0 atom stereocenters. The first kappa shape index (κ1) is 15.1. The molecule has 3 nitrogen and oxygen atoms in total. The first-order valence-electron chi connectivity index (χ1n) is 6.03. The van der Waals surface area contributed by atoms with E-state index in [2.05, 4.69) is 59.6 Å². The monoisotopic (exact) mass is 518 g/mol. The lowest BCUT2D eigenvalue weighted by atomic mass is 10.0. The molecule has 2 N–H and O–H groups in total. The van der Waals surface area contributed by atoms with Crippen LogP contribution >= 0.6 is 54.5 Å². The van der Waals surface area contributed by atoms with Crippen LogP contribution < -0.4 is 5.73 Å². The van der Waals surface area contributed by atoms with Crippen LogP contribution in [0.3, 0.4) is 0 Å². The zero-order valence-corrected chi connectivity index (χ0v) is 15.9. The highest BCUT2D eigenvalue weighted by Gasteiger charge is 2.19. The maximum Gasteiger partial charge on any atom is 0.230 e. The van der Waals surface area contributed by atoms with Crippen molar-refractivity contribution in [3.63, 3.8) is 0 Å². The first-order chi connectivity index (χ1) is 10.1. The Morgan fingerprint density at radius 3 is 2.57 bits per heavy atom. The quantitative estimate of drug-likeness (QED) is 0.441. The van der Waals surface area contributed by atoms with Crippen LogP contribution in [0.5, 0.6) is 0 Å². The molecule has 0 amide bonds. The van der Waals surface area contributed by atoms with E-state index in [1.165, 1.54) is 0 Å². The third kappa shape index (κ3) is 3.02. The summed E-state index contributed by atoms with van der Waals surface area (Å²) in [6, 6.07) is 13.9. The molecule has 0 saturated heterocycles. The largest absolute Gasteiger partial charge is 0.367 e. The maximum atomic E-state index is 5.99. The summed E-state index contributed by atoms with van der Waals surface area (Å²) < 4.78 is 8.28. The Labute approximate surface area is 152 Å². The predicted molar refractivity (Wildman–Crippen MR) is 99.9 cm³/mol. The third-order valence-electron chi connectivity index (χ3n) is 3.02. The summed E-state index contributed by atoms with van der Waals surface area (Å²) in [7, 11) is 0. The van der Waals surface area contributed by atoms with E-state index in [-0.39, 0.29) is 0 Å². The normalized spacial score (nSPS) is 10.8. The van der Waals surface area contributed by atoms with E-state index in [4.69, 9.17) is 10.3 Å². The van der Waals surface area contributed by atoms with Gasteiger partial charge in [-0.25, -0.2) is 0 Å². The van der Waals surface area contributed by atoms with E-state index >= 15 is 0 Å². The average Bonchev–Trinajstić information content (AvgIpc) is 2.83. The number of benzene rings is 2. The average molecular weight is 520 g/mol. The Morgan fingerprint density at radius 1 is 1.05 bits per heavy atom. The molecule has 0 saturated carbocycles. The molecule has 3 rings (SSSR count). The lowest BCUT2D eigenvalue weighted by molar-refractivity contribution is 0.439. The van der Waals surface area contributed by atoms with Gasteiger partial charge in [0.05, 0.1) is 5.56 Å². The van der Waals surface area contributed by atoms with Crippen molar-refractivity contribution >= 4 is 60.3 Å². The highest BCUT2D eigenvalue weighted by molar-refractivity contribution is 14.1. The minimum atomic E-state index is 0.318. The molecule has 0 bridgehead atoms. The molecule has 1 aromatic heterocycles. The number of aromatic nitrogens is 1. The molecule has 106 valence electrons. The second-order valence-electron chi connectivity index (χ2n) is 4.40. The second kappa shape index (κ2) is 6.10. The molecule has 0 spiro atoms. The highest BCUT2D eigenvalue weighted by Crippen LogP contribution is 2.39. The number of halogens is 3. The fraction of sp³-hybridized carbons (Fsp3) is 0. The van der Waals surface area contributed by atoms with Crippen molar-refractivity contribution in [3.8, 4) is 22.4 Å². The molecule has 0 aliphatic heterocycles. The van der Waals surface area contributed by atoms with Crippen LogP contribution in [0.25, 0.3) is 22.4 Å². The summed E-state index contributed by atoms with van der Waals surface area (Å²) in [6.45, 7) is 0. The van der Waals surface area contributed by atoms with Crippen molar-refractivity contribution < 1.29 is 4.52 Å². The number of anilines is 1. The van der Waals surface area contributed by atoms with Crippen molar-refractivity contribution in [2.45, 2.75) is 0 Å². The fourth-order valence-electron chi connectivity index (χ4n) is 2.09. The Kier molecular flexibility index (Phi) is 4.37. The molecule has 6 heteroatoms. The van der Waals surface area contributed by atoms with Gasteiger partial charge in [-0.3, -0.25) is 0 Å². The predicted octanol–water partition coefficient (Wildman–Crippen LogP) is 5.72. The Bertz CT molecular complexity index is 817. The van der Waals surface area contributed by atoms with Crippen molar-refractivity contribution in [1.29, 1.82) is 0 Å². The summed E-state index contributed by atoms with van der Waals surface area (Å²) in [6.07, 6.45) is 0. The van der Waals surface area contributed by atoms with Gasteiger partial charge < -0.3 is 10.3 Å². The summed E-state index contributed by atoms with van der Waals surface area (Å²) in [5.74, 6) is 0.318. The second-order valence-corrected chi connectivity index (χ2v) is 7.40. The van der Waals surface area contributed by atoms with Gasteiger partial charge in [-0.2, -0.15) is 0 Å². The molecule has 0 radical (unpaired) electrons. The van der Waals surface area contributed by atoms with Crippen molar-refractivity contribution in [1.82, 2.24) is 5.16 Å². The maximum absolute atomic E-state index is 5.99. The summed E-state index contributed by atoms with van der Waals surface area (Å²) in [5, 5.41) is 4.15. The highest BCUT2D eigenvalue weighted by atomic mass is 127. The molecule has 21 heavy (non-hydrogen) atoms. The van der Waals surface area contributed by atoms with Crippen LogP contribution in [0.4, 0.5) is 5.88 Å². The van der Waals surface area contributed by atoms with Gasteiger partial charge in [0.15, 0.2) is 0 Å². The van der Waals surface area contributed by atoms with E-state index in [1.54, 1.807) is 0 Å². The van der Waals surface area contributed by atoms with Gasteiger partial charge in [-0.15, -0.1) is 0 Å². The van der Waals surface area contributed by atoms with Gasteiger partial charge in [0.25, 0.3) is 0 Å². The van der Waals surface area contributed by atoms with Crippen molar-refractivity contribution in [2.24, 2.45) is 0 Å². The molecule has 0 fully saturated rings. The van der Waals surface area contributed by atoms with Crippen LogP contribution in [-0.4, -0.2) is 5.16 Å². The van der Waals surface area contributed by atoms with Crippen LogP contribution in [-0.2, 0) is 0 Å². The van der Waals surface area contributed by atoms with Gasteiger partial charge in [0.1, 0.15) is 5.69 Å². The summed E-state index contributed by atoms with van der Waals surface area (Å²) in [5.41, 5.74) is 9.50. The van der Waals surface area contributed by atoms with E-state index in [1.807, 2.05) is 42.5 Å². The number of hydrogen-bond donors (Lipinski definition) is 1. The fourth-order valence-corrected chi connectivity index (χ4v) is 3.44. The molecule has 0 aliphatic rings. The molecular weight excluding hydrogens is 511 g/mol. The molecule has 3 aromatic rings. The third-order valence-corrected chi connectivity index (χ3v) is 4.94. The van der Waals surface area contributed by atoms with Crippen molar-refractivity contribution in [2.75, 3.05) is 5.73 Å². The molecule has 0 unspecified atom stereocenters. The first-order valence-corrected chi connectivity index (χ1v) is 8.69. The molecule has 1 heterocycles. The van der Waals surface area contributed by atoms with Crippen LogP contribution in [0.15, 0.2) is 55.9 Å². The van der Waals surface area contributed by atoms with Crippen LogP contribution in [0.2, 0.25) is 0 Å². The van der Waals surface area contributed by atoms with Gasteiger partial charge in [0, 0.05) is 18.1 Å². The molecular formula is C15H9Br2IN2O.